The van der Waals surface area contributed by atoms with E-state index in [9.17, 15) is 18.0 Å². The highest BCUT2D eigenvalue weighted by atomic mass is 32.2. The van der Waals surface area contributed by atoms with Gasteiger partial charge in [0.05, 0.1) is 6.26 Å². The van der Waals surface area contributed by atoms with Crippen LogP contribution in [0.1, 0.15) is 32.6 Å². The van der Waals surface area contributed by atoms with Gasteiger partial charge in [-0.15, -0.1) is 0 Å². The van der Waals surface area contributed by atoms with Crippen molar-refractivity contribution in [3.05, 3.63) is 0 Å². The minimum atomic E-state index is -3.46. The molecule has 0 aromatic carbocycles. The van der Waals surface area contributed by atoms with Crippen LogP contribution in [0.15, 0.2) is 0 Å². The van der Waals surface area contributed by atoms with Crippen LogP contribution >= 0.6 is 0 Å². The van der Waals surface area contributed by atoms with E-state index in [1.54, 1.807) is 6.92 Å². The average molecular weight is 292 g/mol. The van der Waals surface area contributed by atoms with Crippen LogP contribution in [-0.4, -0.2) is 54.6 Å². The zero-order valence-corrected chi connectivity index (χ0v) is 11.9. The molecule has 110 valence electrons. The molecule has 0 radical (unpaired) electrons. The van der Waals surface area contributed by atoms with Crippen molar-refractivity contribution in [3.63, 3.8) is 0 Å². The number of amides is 1. The van der Waals surface area contributed by atoms with Crippen molar-refractivity contribution < 1.29 is 23.1 Å². The molecule has 0 aliphatic carbocycles. The lowest BCUT2D eigenvalue weighted by Crippen LogP contribution is -2.54. The number of hydrogen-bond donors (Lipinski definition) is 2. The van der Waals surface area contributed by atoms with Gasteiger partial charge in [0.15, 0.2) is 0 Å². The summed E-state index contributed by atoms with van der Waals surface area (Å²) in [6.45, 7) is 1.95. The summed E-state index contributed by atoms with van der Waals surface area (Å²) in [5.74, 6) is -1.64. The van der Waals surface area contributed by atoms with Gasteiger partial charge < -0.3 is 10.4 Å². The number of carboxylic acids is 1. The highest BCUT2D eigenvalue weighted by Gasteiger charge is 2.35. The van der Waals surface area contributed by atoms with E-state index in [0.29, 0.717) is 19.4 Å². The van der Waals surface area contributed by atoms with Crippen LogP contribution in [-0.2, 0) is 19.6 Å². The van der Waals surface area contributed by atoms with Crippen molar-refractivity contribution in [2.45, 2.75) is 44.7 Å². The molecule has 0 bridgehead atoms. The number of sulfonamides is 1. The van der Waals surface area contributed by atoms with E-state index in [0.717, 1.165) is 17.0 Å². The first kappa shape index (κ1) is 15.9. The Morgan fingerprint density at radius 2 is 2.05 bits per heavy atom. The molecule has 1 saturated heterocycles. The minimum absolute atomic E-state index is 0.257. The molecule has 8 heteroatoms. The predicted molar refractivity (Wildman–Crippen MR) is 69.0 cm³/mol. The summed E-state index contributed by atoms with van der Waals surface area (Å²) in [5.41, 5.74) is 0. The predicted octanol–water partition coefficient (Wildman–Crippen LogP) is -0.220. The van der Waals surface area contributed by atoms with Gasteiger partial charge in [0.2, 0.25) is 15.9 Å². The van der Waals surface area contributed by atoms with E-state index >= 15 is 0 Å². The summed E-state index contributed by atoms with van der Waals surface area (Å²) in [5, 5.41) is 11.3. The maximum absolute atomic E-state index is 12.0. The van der Waals surface area contributed by atoms with Gasteiger partial charge in [0.1, 0.15) is 12.1 Å². The van der Waals surface area contributed by atoms with E-state index in [1.165, 1.54) is 0 Å². The minimum Gasteiger partial charge on any atom is -0.480 e. The number of carbonyl (C=O) groups is 2. The Hall–Kier alpha value is -1.15. The first-order valence-corrected chi connectivity index (χ1v) is 8.12. The van der Waals surface area contributed by atoms with Crippen molar-refractivity contribution in [1.82, 2.24) is 9.62 Å². The van der Waals surface area contributed by atoms with Crippen LogP contribution < -0.4 is 5.32 Å². The highest BCUT2D eigenvalue weighted by Crippen LogP contribution is 2.20. The molecule has 2 atom stereocenters. The van der Waals surface area contributed by atoms with Crippen LogP contribution in [0, 0.1) is 0 Å². The Morgan fingerprint density at radius 3 is 2.53 bits per heavy atom. The number of rotatable bonds is 5. The SMILES string of the molecule is CC[C@@H](NC(=O)[C@H]1CCCCN1S(C)(=O)=O)C(=O)O. The van der Waals surface area contributed by atoms with E-state index in [1.807, 2.05) is 0 Å². The third kappa shape index (κ3) is 4.17. The molecule has 1 heterocycles. The Balaban J connectivity index is 2.81. The van der Waals surface area contributed by atoms with E-state index < -0.39 is 34.0 Å². The molecule has 1 fully saturated rings. The largest absolute Gasteiger partial charge is 0.480 e. The topological polar surface area (TPSA) is 104 Å². The molecule has 1 rings (SSSR count). The van der Waals surface area contributed by atoms with E-state index in [-0.39, 0.29) is 6.42 Å². The maximum atomic E-state index is 12.0. The lowest BCUT2D eigenvalue weighted by Gasteiger charge is -2.33. The number of nitrogens with one attached hydrogen (secondary N) is 1. The van der Waals surface area contributed by atoms with E-state index in [4.69, 9.17) is 5.11 Å². The van der Waals surface area contributed by atoms with Crippen molar-refractivity contribution in [2.24, 2.45) is 0 Å². The number of carbonyl (C=O) groups excluding carboxylic acids is 1. The third-order valence-electron chi connectivity index (χ3n) is 3.21. The zero-order chi connectivity index (χ0) is 14.6. The first-order valence-electron chi connectivity index (χ1n) is 6.27. The van der Waals surface area contributed by atoms with Gasteiger partial charge in [-0.2, -0.15) is 4.31 Å². The molecule has 0 unspecified atom stereocenters. The Bertz CT molecular complexity index is 448. The zero-order valence-electron chi connectivity index (χ0n) is 11.1. The summed E-state index contributed by atoms with van der Waals surface area (Å²) >= 11 is 0. The highest BCUT2D eigenvalue weighted by molar-refractivity contribution is 7.88. The summed E-state index contributed by atoms with van der Waals surface area (Å²) < 4.78 is 24.4. The first-order chi connectivity index (χ1) is 8.77. The van der Waals surface area contributed by atoms with Gasteiger partial charge >= 0.3 is 5.97 Å². The smallest absolute Gasteiger partial charge is 0.326 e. The number of nitrogens with zero attached hydrogens (tertiary/aromatic N) is 1. The molecule has 19 heavy (non-hydrogen) atoms. The van der Waals surface area contributed by atoms with Gasteiger partial charge in [-0.3, -0.25) is 4.79 Å². The number of piperidine rings is 1. The number of hydrogen-bond acceptors (Lipinski definition) is 4. The summed E-state index contributed by atoms with van der Waals surface area (Å²) in [4.78, 5) is 22.9. The summed E-state index contributed by atoms with van der Waals surface area (Å²) in [6, 6.07) is -1.77. The number of aliphatic carboxylic acids is 1. The molecule has 2 N–H and O–H groups in total. The second kappa shape index (κ2) is 6.33. The Morgan fingerprint density at radius 1 is 1.42 bits per heavy atom. The van der Waals surface area contributed by atoms with Gasteiger partial charge in [0.25, 0.3) is 0 Å². The van der Waals surface area contributed by atoms with Gasteiger partial charge in [-0.1, -0.05) is 13.3 Å². The molecular weight excluding hydrogens is 272 g/mol. The van der Waals surface area contributed by atoms with E-state index in [2.05, 4.69) is 5.32 Å². The molecular formula is C11H20N2O5S. The molecule has 1 amide bonds. The summed E-state index contributed by atoms with van der Waals surface area (Å²) in [7, 11) is -3.46. The maximum Gasteiger partial charge on any atom is 0.326 e. The van der Waals surface area contributed by atoms with Gasteiger partial charge in [-0.05, 0) is 19.3 Å². The van der Waals surface area contributed by atoms with Crippen molar-refractivity contribution in [1.29, 1.82) is 0 Å². The molecule has 0 aromatic heterocycles. The molecule has 0 spiro atoms. The molecule has 0 aromatic rings. The second-order valence-corrected chi connectivity index (χ2v) is 6.63. The van der Waals surface area contributed by atoms with Crippen LogP contribution in [0.5, 0.6) is 0 Å². The van der Waals surface area contributed by atoms with Gasteiger partial charge in [-0.25, -0.2) is 13.2 Å². The third-order valence-corrected chi connectivity index (χ3v) is 4.49. The number of carboxylic acid groups (broad SMARTS) is 1. The Labute approximate surface area is 113 Å². The fourth-order valence-electron chi connectivity index (χ4n) is 2.17. The molecule has 1 aliphatic heterocycles. The van der Waals surface area contributed by atoms with Gasteiger partial charge in [0, 0.05) is 6.54 Å². The fraction of sp³-hybridized carbons (Fsp3) is 0.818. The van der Waals surface area contributed by atoms with Crippen molar-refractivity contribution in [3.8, 4) is 0 Å². The second-order valence-electron chi connectivity index (χ2n) is 4.69. The van der Waals surface area contributed by atoms with Crippen LogP contribution in [0.4, 0.5) is 0 Å². The fourth-order valence-corrected chi connectivity index (χ4v) is 3.29. The Kier molecular flexibility index (Phi) is 5.30. The normalized spacial score (nSPS) is 22.7. The summed E-state index contributed by atoms with van der Waals surface area (Å²) in [6.07, 6.45) is 3.22. The van der Waals surface area contributed by atoms with Crippen LogP contribution in [0.25, 0.3) is 0 Å². The van der Waals surface area contributed by atoms with Crippen LogP contribution in [0.2, 0.25) is 0 Å². The quantitative estimate of drug-likeness (QED) is 0.729. The molecule has 1 aliphatic rings. The lowest BCUT2D eigenvalue weighted by molar-refractivity contribution is -0.142. The lowest BCUT2D eigenvalue weighted by atomic mass is 10.0. The standard InChI is InChI=1S/C11H20N2O5S/c1-3-8(11(15)16)12-10(14)9-6-4-5-7-13(9)19(2,17)18/h8-9H,3-7H2,1-2H3,(H,12,14)(H,15,16)/t8-,9-/m1/s1. The molecule has 7 nitrogen and oxygen atoms in total. The van der Waals surface area contributed by atoms with Crippen LogP contribution in [0.3, 0.4) is 0 Å². The molecule has 0 saturated carbocycles. The monoisotopic (exact) mass is 292 g/mol. The van der Waals surface area contributed by atoms with Crippen molar-refractivity contribution >= 4 is 21.9 Å². The van der Waals surface area contributed by atoms with Crippen molar-refractivity contribution in [2.75, 3.05) is 12.8 Å². The average Bonchev–Trinajstić information content (AvgIpc) is 2.34.